The van der Waals surface area contributed by atoms with E-state index in [2.05, 4.69) is 8.65 Å². The van der Waals surface area contributed by atoms with Gasteiger partial charge in [-0.1, -0.05) is 6.42 Å². The van der Waals surface area contributed by atoms with Crippen molar-refractivity contribution in [2.75, 3.05) is 6.54 Å². The van der Waals surface area contributed by atoms with Crippen molar-refractivity contribution >= 4 is 28.9 Å². The highest BCUT2D eigenvalue weighted by Crippen LogP contribution is 1.98. The van der Waals surface area contributed by atoms with Crippen LogP contribution < -0.4 is 11.2 Å². The topological polar surface area (TPSA) is 64.4 Å². The second kappa shape index (κ2) is 8.22. The molecule has 0 aliphatic heterocycles. The normalized spacial score (nSPS) is 9.64. The standard InChI is InChI=1S/C6H13IN2O2/c7-11-9-6(10)4-2-1-3-5-8/h1-5,8H2,(H,9,10). The van der Waals surface area contributed by atoms with Gasteiger partial charge in [-0.2, -0.15) is 0 Å². The molecule has 0 saturated carbocycles. The molecule has 0 spiro atoms. The highest BCUT2D eigenvalue weighted by Gasteiger charge is 1.98. The summed E-state index contributed by atoms with van der Waals surface area (Å²) in [5.74, 6) is -0.0728. The van der Waals surface area contributed by atoms with Crippen molar-refractivity contribution in [3.05, 3.63) is 0 Å². The Bertz CT molecular complexity index is 111. The van der Waals surface area contributed by atoms with Crippen molar-refractivity contribution in [2.24, 2.45) is 5.73 Å². The first-order valence-electron chi connectivity index (χ1n) is 3.57. The number of hydroxylamine groups is 1. The number of nitrogens with two attached hydrogens (primary N) is 1. The molecule has 0 aliphatic carbocycles. The molecule has 0 radical (unpaired) electrons. The van der Waals surface area contributed by atoms with E-state index in [0.29, 0.717) is 13.0 Å². The summed E-state index contributed by atoms with van der Waals surface area (Å²) in [6.07, 6.45) is 3.38. The van der Waals surface area contributed by atoms with Gasteiger partial charge in [-0.05, 0) is 19.4 Å². The SMILES string of the molecule is NCCCCCC(=O)NOI. The zero-order valence-corrected chi connectivity index (χ0v) is 8.46. The molecule has 0 heterocycles. The Morgan fingerprint density at radius 2 is 2.18 bits per heavy atom. The van der Waals surface area contributed by atoms with E-state index in [1.54, 1.807) is 23.0 Å². The molecule has 0 unspecified atom stereocenters. The number of hydrogen-bond acceptors (Lipinski definition) is 3. The van der Waals surface area contributed by atoms with E-state index in [0.717, 1.165) is 19.3 Å². The van der Waals surface area contributed by atoms with Crippen LogP contribution in [0.1, 0.15) is 25.7 Å². The summed E-state index contributed by atoms with van der Waals surface area (Å²) < 4.78 is 4.41. The van der Waals surface area contributed by atoms with Crippen molar-refractivity contribution in [2.45, 2.75) is 25.7 Å². The van der Waals surface area contributed by atoms with E-state index >= 15 is 0 Å². The first kappa shape index (κ1) is 11.1. The minimum absolute atomic E-state index is 0.0728. The molecule has 0 aromatic carbocycles. The summed E-state index contributed by atoms with van der Waals surface area (Å²) in [5, 5.41) is 0. The lowest BCUT2D eigenvalue weighted by Crippen LogP contribution is -2.18. The van der Waals surface area contributed by atoms with Crippen molar-refractivity contribution in [1.29, 1.82) is 0 Å². The average molecular weight is 272 g/mol. The number of halogens is 1. The highest BCUT2D eigenvalue weighted by molar-refractivity contribution is 14.1. The predicted molar refractivity (Wildman–Crippen MR) is 50.8 cm³/mol. The van der Waals surface area contributed by atoms with Crippen LogP contribution in [0.3, 0.4) is 0 Å². The fourth-order valence-corrected chi connectivity index (χ4v) is 0.946. The molecule has 0 atom stereocenters. The van der Waals surface area contributed by atoms with Crippen LogP contribution in [0.4, 0.5) is 0 Å². The zero-order chi connectivity index (χ0) is 8.53. The molecule has 0 saturated heterocycles. The Kier molecular flexibility index (Phi) is 8.31. The molecule has 0 fully saturated rings. The van der Waals surface area contributed by atoms with Gasteiger partial charge in [0.05, 0.1) is 0 Å². The van der Waals surface area contributed by atoms with Gasteiger partial charge >= 0.3 is 0 Å². The Balaban J connectivity index is 3.04. The minimum atomic E-state index is -0.0728. The van der Waals surface area contributed by atoms with Crippen LogP contribution in [0.2, 0.25) is 0 Å². The smallest absolute Gasteiger partial charge is 0.244 e. The van der Waals surface area contributed by atoms with E-state index in [1.165, 1.54) is 0 Å². The molecule has 0 aliphatic rings. The molecule has 0 bridgehead atoms. The number of carbonyl (C=O) groups is 1. The Morgan fingerprint density at radius 3 is 2.73 bits per heavy atom. The Labute approximate surface area is 80.5 Å². The first-order valence-corrected chi connectivity index (χ1v) is 4.46. The molecular weight excluding hydrogens is 259 g/mol. The third kappa shape index (κ3) is 8.02. The van der Waals surface area contributed by atoms with Crippen LogP contribution in [0.25, 0.3) is 0 Å². The van der Waals surface area contributed by atoms with Crippen LogP contribution in [0, 0.1) is 0 Å². The number of nitrogens with one attached hydrogen (secondary N) is 1. The maximum atomic E-state index is 10.7. The summed E-state index contributed by atoms with van der Waals surface area (Å²) in [5.41, 5.74) is 7.52. The second-order valence-corrected chi connectivity index (χ2v) is 2.64. The van der Waals surface area contributed by atoms with Gasteiger partial charge in [0.15, 0.2) is 0 Å². The number of rotatable bonds is 6. The van der Waals surface area contributed by atoms with Crippen molar-refractivity contribution in [3.8, 4) is 0 Å². The van der Waals surface area contributed by atoms with Crippen molar-refractivity contribution in [1.82, 2.24) is 5.48 Å². The predicted octanol–water partition coefficient (Wildman–Crippen LogP) is 0.903. The van der Waals surface area contributed by atoms with Crippen molar-refractivity contribution in [3.63, 3.8) is 0 Å². The zero-order valence-electron chi connectivity index (χ0n) is 6.31. The van der Waals surface area contributed by atoms with Gasteiger partial charge in [0.1, 0.15) is 23.0 Å². The van der Waals surface area contributed by atoms with E-state index in [1.807, 2.05) is 0 Å². The number of amides is 1. The molecule has 0 aromatic rings. The molecule has 11 heavy (non-hydrogen) atoms. The third-order valence-corrected chi connectivity index (χ3v) is 1.48. The van der Waals surface area contributed by atoms with Gasteiger partial charge in [0, 0.05) is 6.42 Å². The summed E-state index contributed by atoms with van der Waals surface area (Å²) in [6.45, 7) is 0.699. The van der Waals surface area contributed by atoms with E-state index < -0.39 is 0 Å². The summed E-state index contributed by atoms with van der Waals surface area (Å²) in [7, 11) is 0. The maximum absolute atomic E-state index is 10.7. The molecule has 3 N–H and O–H groups in total. The molecule has 4 nitrogen and oxygen atoms in total. The monoisotopic (exact) mass is 272 g/mol. The second-order valence-electron chi connectivity index (χ2n) is 2.20. The van der Waals surface area contributed by atoms with Crippen LogP contribution in [0.5, 0.6) is 0 Å². The van der Waals surface area contributed by atoms with E-state index in [9.17, 15) is 4.79 Å². The largest absolute Gasteiger partial charge is 0.330 e. The molecule has 0 aromatic heterocycles. The molecule has 1 amide bonds. The summed E-state index contributed by atoms with van der Waals surface area (Å²) >= 11 is 1.62. The van der Waals surface area contributed by atoms with Gasteiger partial charge in [-0.25, -0.2) is 8.65 Å². The van der Waals surface area contributed by atoms with Crippen molar-refractivity contribution < 1.29 is 7.96 Å². The van der Waals surface area contributed by atoms with Gasteiger partial charge in [-0.15, -0.1) is 0 Å². The van der Waals surface area contributed by atoms with E-state index in [4.69, 9.17) is 5.73 Å². The number of unbranched alkanes of at least 4 members (excludes halogenated alkanes) is 2. The van der Waals surface area contributed by atoms with Gasteiger partial charge in [0.2, 0.25) is 5.91 Å². The lowest BCUT2D eigenvalue weighted by molar-refractivity contribution is -0.126. The lowest BCUT2D eigenvalue weighted by Gasteiger charge is -1.99. The number of hydrogen-bond donors (Lipinski definition) is 2. The van der Waals surface area contributed by atoms with E-state index in [-0.39, 0.29) is 5.91 Å². The third-order valence-electron chi connectivity index (χ3n) is 1.26. The number of carbonyl (C=O) groups excluding carboxylic acids is 1. The molecular formula is C6H13IN2O2. The van der Waals surface area contributed by atoms with Gasteiger partial charge in [-0.3, -0.25) is 4.79 Å². The average Bonchev–Trinajstić information content (AvgIpc) is 1.99. The minimum Gasteiger partial charge on any atom is -0.330 e. The highest BCUT2D eigenvalue weighted by atomic mass is 127. The molecule has 0 rings (SSSR count). The fraction of sp³-hybridized carbons (Fsp3) is 0.833. The fourth-order valence-electron chi connectivity index (χ4n) is 0.701. The lowest BCUT2D eigenvalue weighted by atomic mass is 10.2. The summed E-state index contributed by atoms with van der Waals surface area (Å²) in [6, 6.07) is 0. The van der Waals surface area contributed by atoms with Crippen LogP contribution in [0.15, 0.2) is 0 Å². The van der Waals surface area contributed by atoms with Crippen LogP contribution >= 0.6 is 23.0 Å². The van der Waals surface area contributed by atoms with Crippen LogP contribution in [-0.4, -0.2) is 12.5 Å². The first-order chi connectivity index (χ1) is 5.31. The van der Waals surface area contributed by atoms with Gasteiger partial charge < -0.3 is 5.73 Å². The Hall–Kier alpha value is 0.120. The summed E-state index contributed by atoms with van der Waals surface area (Å²) in [4.78, 5) is 10.7. The van der Waals surface area contributed by atoms with Gasteiger partial charge in [0.25, 0.3) is 0 Å². The molecule has 66 valence electrons. The maximum Gasteiger partial charge on any atom is 0.244 e. The quantitative estimate of drug-likeness (QED) is 0.429. The van der Waals surface area contributed by atoms with Crippen LogP contribution in [-0.2, 0) is 7.96 Å². The molecule has 5 heteroatoms. The Morgan fingerprint density at radius 1 is 1.45 bits per heavy atom.